The minimum absolute atomic E-state index is 0.00231. The third-order valence-corrected chi connectivity index (χ3v) is 10.6. The fourth-order valence-electron chi connectivity index (χ4n) is 5.76. The van der Waals surface area contributed by atoms with Gasteiger partial charge in [0.05, 0.1) is 11.8 Å². The van der Waals surface area contributed by atoms with Gasteiger partial charge in [0.1, 0.15) is 0 Å². The maximum absolute atomic E-state index is 14.0. The predicted molar refractivity (Wildman–Crippen MR) is 137 cm³/mol. The van der Waals surface area contributed by atoms with Crippen molar-refractivity contribution in [2.75, 3.05) is 26.3 Å². The number of amides is 1. The highest BCUT2D eigenvalue weighted by Crippen LogP contribution is 2.37. The van der Waals surface area contributed by atoms with Crippen LogP contribution >= 0.6 is 19.4 Å². The molecule has 1 amide bonds. The van der Waals surface area contributed by atoms with Gasteiger partial charge in [-0.2, -0.15) is 0 Å². The van der Waals surface area contributed by atoms with Gasteiger partial charge in [-0.05, 0) is 51.4 Å². The zero-order valence-corrected chi connectivity index (χ0v) is 21.6. The van der Waals surface area contributed by atoms with Gasteiger partial charge >= 0.3 is 0 Å². The van der Waals surface area contributed by atoms with Crippen LogP contribution in [0.1, 0.15) is 75.5 Å². The summed E-state index contributed by atoms with van der Waals surface area (Å²) in [5, 5.41) is 13.4. The number of carbonyl (C=O) groups excluding carboxylic acids is 1. The number of piperazine rings is 1. The fraction of sp³-hybridized carbons (Fsp3) is 0.800. The molecule has 3 fully saturated rings. The lowest BCUT2D eigenvalue weighted by Crippen LogP contribution is -2.59. The van der Waals surface area contributed by atoms with Crippen molar-refractivity contribution >= 4 is 25.3 Å². The molecule has 7 heteroatoms. The third kappa shape index (κ3) is 6.99. The Labute approximate surface area is 200 Å². The van der Waals surface area contributed by atoms with Gasteiger partial charge in [-0.3, -0.25) is 9.88 Å². The van der Waals surface area contributed by atoms with Crippen molar-refractivity contribution in [1.29, 1.82) is 0 Å². The Hall–Kier alpha value is -0.520. The highest BCUT2D eigenvalue weighted by Gasteiger charge is 2.36. The van der Waals surface area contributed by atoms with Crippen LogP contribution in [0, 0.1) is 5.92 Å². The molecule has 2 heterocycles. The van der Waals surface area contributed by atoms with Gasteiger partial charge in [-0.1, -0.05) is 57.4 Å². The molecule has 1 aliphatic heterocycles. The summed E-state index contributed by atoms with van der Waals surface area (Å²) in [6.07, 6.45) is 14.2. The SMILES string of the molecule is CP(NCc1cccs1)[C@@H]1CNCCN1C(=O)[C@@H](CC1CCCCC1)NC1CCCCC1. The van der Waals surface area contributed by atoms with E-state index in [-0.39, 0.29) is 11.8 Å². The van der Waals surface area contributed by atoms with Gasteiger partial charge in [-0.25, -0.2) is 0 Å². The number of hydrogen-bond donors (Lipinski definition) is 3. The molecule has 2 aliphatic carbocycles. The highest BCUT2D eigenvalue weighted by molar-refractivity contribution is 7.55. The Morgan fingerprint density at radius 2 is 1.94 bits per heavy atom. The summed E-state index contributed by atoms with van der Waals surface area (Å²) in [6.45, 7) is 5.88. The highest BCUT2D eigenvalue weighted by atomic mass is 32.1. The van der Waals surface area contributed by atoms with Crippen molar-refractivity contribution in [2.24, 2.45) is 5.92 Å². The first kappa shape index (κ1) is 24.6. The largest absolute Gasteiger partial charge is 0.331 e. The number of nitrogens with zero attached hydrogens (tertiary/aromatic N) is 1. The smallest absolute Gasteiger partial charge is 0.240 e. The monoisotopic (exact) mass is 478 g/mol. The van der Waals surface area contributed by atoms with Crippen molar-refractivity contribution in [3.8, 4) is 0 Å². The van der Waals surface area contributed by atoms with Crippen molar-refractivity contribution < 1.29 is 4.79 Å². The van der Waals surface area contributed by atoms with Crippen LogP contribution in [0.5, 0.6) is 0 Å². The predicted octanol–water partition coefficient (Wildman–Crippen LogP) is 4.88. The normalized spacial score (nSPS) is 25.5. The Kier molecular flexibility index (Phi) is 9.84. The van der Waals surface area contributed by atoms with Crippen LogP contribution in [0.15, 0.2) is 17.5 Å². The molecule has 5 nitrogen and oxygen atoms in total. The molecule has 2 saturated carbocycles. The Balaban J connectivity index is 1.42. The van der Waals surface area contributed by atoms with E-state index in [1.54, 1.807) is 11.3 Å². The molecule has 0 bridgehead atoms. The molecular weight excluding hydrogens is 435 g/mol. The second kappa shape index (κ2) is 12.8. The summed E-state index contributed by atoms with van der Waals surface area (Å²) < 4.78 is 0. The molecule has 1 aromatic rings. The molecule has 1 aromatic heterocycles. The maximum Gasteiger partial charge on any atom is 0.240 e. The lowest BCUT2D eigenvalue weighted by Gasteiger charge is -2.42. The van der Waals surface area contributed by atoms with Crippen molar-refractivity contribution in [3.63, 3.8) is 0 Å². The lowest BCUT2D eigenvalue weighted by atomic mass is 9.84. The van der Waals surface area contributed by atoms with E-state index in [0.717, 1.165) is 38.5 Å². The minimum atomic E-state index is -0.468. The minimum Gasteiger partial charge on any atom is -0.331 e. The molecule has 1 unspecified atom stereocenters. The molecule has 3 N–H and O–H groups in total. The zero-order valence-electron chi connectivity index (χ0n) is 19.9. The maximum atomic E-state index is 14.0. The van der Waals surface area contributed by atoms with Gasteiger partial charge in [0.2, 0.25) is 5.91 Å². The summed E-state index contributed by atoms with van der Waals surface area (Å²) >= 11 is 1.80. The Morgan fingerprint density at radius 3 is 2.66 bits per heavy atom. The fourth-order valence-corrected chi connectivity index (χ4v) is 8.20. The van der Waals surface area contributed by atoms with Crippen LogP contribution in [-0.2, 0) is 11.3 Å². The van der Waals surface area contributed by atoms with Crippen LogP contribution in [0.2, 0.25) is 0 Å². The zero-order chi connectivity index (χ0) is 22.2. The van der Waals surface area contributed by atoms with Crippen molar-refractivity contribution in [2.45, 2.75) is 95.0 Å². The molecule has 180 valence electrons. The Bertz CT molecular complexity index is 655. The second-order valence-corrected chi connectivity index (χ2v) is 13.2. The summed E-state index contributed by atoms with van der Waals surface area (Å²) in [4.78, 5) is 17.6. The Morgan fingerprint density at radius 1 is 1.19 bits per heavy atom. The summed E-state index contributed by atoms with van der Waals surface area (Å²) in [7, 11) is -0.468. The van der Waals surface area contributed by atoms with Gasteiger partial charge in [0.15, 0.2) is 0 Å². The molecule has 3 atom stereocenters. The molecule has 1 saturated heterocycles. The van der Waals surface area contributed by atoms with E-state index in [1.807, 2.05) is 0 Å². The first-order chi connectivity index (χ1) is 15.7. The van der Waals surface area contributed by atoms with Gasteiger partial charge in [0.25, 0.3) is 0 Å². The average molecular weight is 479 g/mol. The summed E-state index contributed by atoms with van der Waals surface area (Å²) in [6, 6.07) is 4.84. The van der Waals surface area contributed by atoms with Gasteiger partial charge in [-0.15, -0.1) is 11.3 Å². The number of thiophene rings is 1. The molecule has 3 aliphatic rings. The first-order valence-electron chi connectivity index (χ1n) is 13.0. The van der Waals surface area contributed by atoms with Gasteiger partial charge < -0.3 is 15.5 Å². The molecule has 32 heavy (non-hydrogen) atoms. The van der Waals surface area contributed by atoms with Crippen molar-refractivity contribution in [3.05, 3.63) is 22.4 Å². The van der Waals surface area contributed by atoms with E-state index >= 15 is 0 Å². The van der Waals surface area contributed by atoms with Crippen molar-refractivity contribution in [1.82, 2.24) is 20.6 Å². The van der Waals surface area contributed by atoms with Crippen LogP contribution in [0.3, 0.4) is 0 Å². The van der Waals surface area contributed by atoms with E-state index in [2.05, 4.69) is 44.8 Å². The number of rotatable bonds is 9. The summed E-state index contributed by atoms with van der Waals surface area (Å²) in [5.74, 6) is 1.36. The summed E-state index contributed by atoms with van der Waals surface area (Å²) in [5.41, 5.74) is 0. The quantitative estimate of drug-likeness (QED) is 0.443. The number of nitrogens with one attached hydrogen (secondary N) is 3. The molecule has 0 spiro atoms. The molecule has 0 aromatic carbocycles. The van der Waals surface area contributed by atoms with E-state index in [4.69, 9.17) is 0 Å². The standard InChI is InChI=1S/C25H43N4OPS/c1-31(27-18-22-13-8-16-32-22)24-19-26-14-15-29(24)25(30)23(17-20-9-4-2-5-10-20)28-21-11-6-3-7-12-21/h8,13,16,20-21,23-24,26-28H,2-7,9-12,14-15,17-19H2,1H3/t23-,24-,31?/m1/s1. The van der Waals surface area contributed by atoms with Crippen LogP contribution < -0.4 is 15.7 Å². The van der Waals surface area contributed by atoms with Crippen LogP contribution in [-0.4, -0.2) is 55.0 Å². The lowest BCUT2D eigenvalue weighted by molar-refractivity contribution is -0.135. The number of carbonyl (C=O) groups is 1. The molecule has 0 radical (unpaired) electrons. The topological polar surface area (TPSA) is 56.4 Å². The van der Waals surface area contributed by atoms with Crippen LogP contribution in [0.25, 0.3) is 0 Å². The third-order valence-electron chi connectivity index (χ3n) is 7.66. The molecular formula is C25H43N4OPS. The van der Waals surface area contributed by atoms with E-state index in [9.17, 15) is 4.79 Å². The first-order valence-corrected chi connectivity index (χ1v) is 15.7. The molecule has 4 rings (SSSR count). The van der Waals surface area contributed by atoms with E-state index < -0.39 is 8.07 Å². The van der Waals surface area contributed by atoms with E-state index in [1.165, 1.54) is 69.1 Å². The van der Waals surface area contributed by atoms with Gasteiger partial charge in [0, 0.05) is 37.1 Å². The average Bonchev–Trinajstić information content (AvgIpc) is 3.37. The number of hydrogen-bond acceptors (Lipinski definition) is 5. The second-order valence-electron chi connectivity index (χ2n) is 10.0. The van der Waals surface area contributed by atoms with E-state index in [0.29, 0.717) is 11.9 Å². The van der Waals surface area contributed by atoms with Crippen LogP contribution in [0.4, 0.5) is 0 Å².